The fourth-order valence-electron chi connectivity index (χ4n) is 2.00. The molecule has 1 fully saturated rings. The van der Waals surface area contributed by atoms with Crippen molar-refractivity contribution >= 4 is 17.9 Å². The van der Waals surface area contributed by atoms with Gasteiger partial charge in [0.25, 0.3) is 0 Å². The summed E-state index contributed by atoms with van der Waals surface area (Å²) in [5.41, 5.74) is 0. The number of ether oxygens (including phenoxy) is 2. The fraction of sp³-hybridized carbons (Fsp3) is 0.769. The Labute approximate surface area is 117 Å². The van der Waals surface area contributed by atoms with Gasteiger partial charge in [-0.15, -0.1) is 0 Å². The molecule has 1 heterocycles. The van der Waals surface area contributed by atoms with E-state index < -0.39 is 24.1 Å². The SMILES string of the molecule is CC(CC(=O)O)OC(=O)CC(C)OC(=O)[C@@H]1CCCN1. The quantitative estimate of drug-likeness (QED) is 0.656. The van der Waals surface area contributed by atoms with Crippen LogP contribution in [0.15, 0.2) is 0 Å². The predicted molar refractivity (Wildman–Crippen MR) is 69.0 cm³/mol. The number of hydrogen-bond acceptors (Lipinski definition) is 6. The third-order valence-electron chi connectivity index (χ3n) is 2.91. The molecule has 0 radical (unpaired) electrons. The van der Waals surface area contributed by atoms with E-state index in [1.807, 2.05) is 0 Å². The van der Waals surface area contributed by atoms with Gasteiger partial charge in [0.2, 0.25) is 0 Å². The lowest BCUT2D eigenvalue weighted by atomic mass is 10.2. The largest absolute Gasteiger partial charge is 0.481 e. The first-order chi connectivity index (χ1) is 9.38. The number of aliphatic carboxylic acids is 1. The average Bonchev–Trinajstić information content (AvgIpc) is 2.79. The highest BCUT2D eigenvalue weighted by Gasteiger charge is 2.26. The smallest absolute Gasteiger partial charge is 0.323 e. The van der Waals surface area contributed by atoms with Crippen LogP contribution in [0.4, 0.5) is 0 Å². The van der Waals surface area contributed by atoms with E-state index in [1.165, 1.54) is 6.92 Å². The summed E-state index contributed by atoms with van der Waals surface area (Å²) in [6.07, 6.45) is 0.0666. The number of carbonyl (C=O) groups excluding carboxylic acids is 2. The van der Waals surface area contributed by atoms with E-state index in [4.69, 9.17) is 14.6 Å². The zero-order valence-electron chi connectivity index (χ0n) is 11.8. The second kappa shape index (κ2) is 7.84. The van der Waals surface area contributed by atoms with Crippen molar-refractivity contribution in [1.82, 2.24) is 5.32 Å². The van der Waals surface area contributed by atoms with Gasteiger partial charge in [0.1, 0.15) is 18.2 Å². The summed E-state index contributed by atoms with van der Waals surface area (Å²) in [6.45, 7) is 3.91. The molecule has 1 saturated heterocycles. The van der Waals surface area contributed by atoms with Crippen LogP contribution < -0.4 is 5.32 Å². The summed E-state index contributed by atoms with van der Waals surface area (Å²) in [6, 6.07) is -0.292. The molecule has 1 aliphatic rings. The molecule has 0 aromatic rings. The Morgan fingerprint density at radius 2 is 1.85 bits per heavy atom. The Morgan fingerprint density at radius 1 is 1.20 bits per heavy atom. The van der Waals surface area contributed by atoms with Crippen LogP contribution in [0.25, 0.3) is 0 Å². The third-order valence-corrected chi connectivity index (χ3v) is 2.91. The maximum Gasteiger partial charge on any atom is 0.323 e. The summed E-state index contributed by atoms with van der Waals surface area (Å²) in [5.74, 6) is -1.96. The van der Waals surface area contributed by atoms with Crippen molar-refractivity contribution in [3.05, 3.63) is 0 Å². The molecule has 0 aromatic heterocycles. The first-order valence-electron chi connectivity index (χ1n) is 6.73. The summed E-state index contributed by atoms with van der Waals surface area (Å²) in [4.78, 5) is 33.7. The fourth-order valence-corrected chi connectivity index (χ4v) is 2.00. The molecule has 0 aromatic carbocycles. The van der Waals surface area contributed by atoms with Gasteiger partial charge in [-0.1, -0.05) is 0 Å². The van der Waals surface area contributed by atoms with Crippen LogP contribution in [-0.2, 0) is 23.9 Å². The highest BCUT2D eigenvalue weighted by atomic mass is 16.6. The number of esters is 2. The number of carboxylic acid groups (broad SMARTS) is 1. The Kier molecular flexibility index (Phi) is 6.44. The van der Waals surface area contributed by atoms with Crippen LogP contribution in [0.1, 0.15) is 39.5 Å². The van der Waals surface area contributed by atoms with Gasteiger partial charge in [-0.2, -0.15) is 0 Å². The number of carbonyl (C=O) groups is 3. The van der Waals surface area contributed by atoms with Crippen molar-refractivity contribution in [3.8, 4) is 0 Å². The molecular formula is C13H21NO6. The van der Waals surface area contributed by atoms with Gasteiger partial charge in [0.15, 0.2) is 0 Å². The van der Waals surface area contributed by atoms with Crippen molar-refractivity contribution < 1.29 is 29.0 Å². The van der Waals surface area contributed by atoms with Crippen LogP contribution >= 0.6 is 0 Å². The highest BCUT2D eigenvalue weighted by Crippen LogP contribution is 2.10. The lowest BCUT2D eigenvalue weighted by Crippen LogP contribution is -2.35. The normalized spacial score (nSPS) is 21.0. The molecule has 2 unspecified atom stereocenters. The van der Waals surface area contributed by atoms with Gasteiger partial charge in [0, 0.05) is 0 Å². The van der Waals surface area contributed by atoms with Gasteiger partial charge in [-0.3, -0.25) is 14.4 Å². The van der Waals surface area contributed by atoms with Gasteiger partial charge in [0.05, 0.1) is 12.8 Å². The van der Waals surface area contributed by atoms with E-state index in [-0.39, 0.29) is 24.9 Å². The Balaban J connectivity index is 2.26. The Morgan fingerprint density at radius 3 is 2.40 bits per heavy atom. The van der Waals surface area contributed by atoms with E-state index in [0.29, 0.717) is 0 Å². The van der Waals surface area contributed by atoms with E-state index in [0.717, 1.165) is 19.4 Å². The van der Waals surface area contributed by atoms with E-state index >= 15 is 0 Å². The molecule has 0 bridgehead atoms. The van der Waals surface area contributed by atoms with Crippen LogP contribution in [0.5, 0.6) is 0 Å². The zero-order valence-corrected chi connectivity index (χ0v) is 11.8. The predicted octanol–water partition coefficient (Wildman–Crippen LogP) is 0.467. The first kappa shape index (κ1) is 16.4. The van der Waals surface area contributed by atoms with Crippen LogP contribution in [-0.4, -0.2) is 47.8 Å². The molecule has 114 valence electrons. The minimum atomic E-state index is -1.03. The molecule has 2 N–H and O–H groups in total. The summed E-state index contributed by atoms with van der Waals surface area (Å²) in [5, 5.41) is 11.6. The molecular weight excluding hydrogens is 266 g/mol. The molecule has 0 saturated carbocycles. The number of nitrogens with one attached hydrogen (secondary N) is 1. The standard InChI is InChI=1S/C13H21NO6/c1-8(6-11(15)16)19-12(17)7-9(2)20-13(18)10-4-3-5-14-10/h8-10,14H,3-7H2,1-2H3,(H,15,16)/t8?,9?,10-/m0/s1. The Bertz CT molecular complexity index is 364. The zero-order chi connectivity index (χ0) is 15.1. The van der Waals surface area contributed by atoms with Crippen molar-refractivity contribution in [1.29, 1.82) is 0 Å². The van der Waals surface area contributed by atoms with Gasteiger partial charge in [-0.05, 0) is 33.2 Å². The molecule has 7 nitrogen and oxygen atoms in total. The van der Waals surface area contributed by atoms with Gasteiger partial charge in [-0.25, -0.2) is 0 Å². The van der Waals surface area contributed by atoms with Crippen LogP contribution in [0.3, 0.4) is 0 Å². The average molecular weight is 287 g/mol. The second-order valence-corrected chi connectivity index (χ2v) is 5.00. The van der Waals surface area contributed by atoms with E-state index in [1.54, 1.807) is 6.92 Å². The topological polar surface area (TPSA) is 102 Å². The van der Waals surface area contributed by atoms with Crippen LogP contribution in [0.2, 0.25) is 0 Å². The molecule has 0 amide bonds. The maximum atomic E-state index is 11.7. The maximum absolute atomic E-state index is 11.7. The number of rotatable bonds is 7. The molecule has 1 aliphatic heterocycles. The molecule has 1 rings (SSSR count). The lowest BCUT2D eigenvalue weighted by molar-refractivity contribution is -0.158. The Hall–Kier alpha value is -1.63. The molecule has 3 atom stereocenters. The summed E-state index contributed by atoms with van der Waals surface area (Å²) < 4.78 is 10.1. The third kappa shape index (κ3) is 6.01. The van der Waals surface area contributed by atoms with Gasteiger partial charge < -0.3 is 19.9 Å². The molecule has 20 heavy (non-hydrogen) atoms. The minimum absolute atomic E-state index is 0.0809. The van der Waals surface area contributed by atoms with Crippen molar-refractivity contribution in [2.24, 2.45) is 0 Å². The van der Waals surface area contributed by atoms with Crippen molar-refractivity contribution in [3.63, 3.8) is 0 Å². The molecule has 7 heteroatoms. The first-order valence-corrected chi connectivity index (χ1v) is 6.73. The number of hydrogen-bond donors (Lipinski definition) is 2. The van der Waals surface area contributed by atoms with Crippen molar-refractivity contribution in [2.75, 3.05) is 6.54 Å². The van der Waals surface area contributed by atoms with Gasteiger partial charge >= 0.3 is 17.9 Å². The minimum Gasteiger partial charge on any atom is -0.481 e. The summed E-state index contributed by atoms with van der Waals surface area (Å²) in [7, 11) is 0. The van der Waals surface area contributed by atoms with E-state index in [9.17, 15) is 14.4 Å². The van der Waals surface area contributed by atoms with Crippen molar-refractivity contribution in [2.45, 2.75) is 57.8 Å². The van der Waals surface area contributed by atoms with E-state index in [2.05, 4.69) is 5.32 Å². The molecule has 0 spiro atoms. The number of carboxylic acids is 1. The second-order valence-electron chi connectivity index (χ2n) is 5.00. The summed E-state index contributed by atoms with van der Waals surface area (Å²) >= 11 is 0. The monoisotopic (exact) mass is 287 g/mol. The lowest BCUT2D eigenvalue weighted by Gasteiger charge is -2.17. The highest BCUT2D eigenvalue weighted by molar-refractivity contribution is 5.77. The molecule has 0 aliphatic carbocycles. The van der Waals surface area contributed by atoms with Crippen LogP contribution in [0, 0.1) is 0 Å².